The Hall–Kier alpha value is -1.33. The lowest BCUT2D eigenvalue weighted by atomic mass is 9.96. The van der Waals surface area contributed by atoms with Crippen molar-refractivity contribution in [1.82, 2.24) is 14.8 Å². The number of nitrogens with two attached hydrogens (primary N) is 1. The minimum atomic E-state index is -0.0498. The summed E-state index contributed by atoms with van der Waals surface area (Å²) >= 11 is 0. The first kappa shape index (κ1) is 16.7. The van der Waals surface area contributed by atoms with Crippen LogP contribution in [-0.4, -0.2) is 54.4 Å². The van der Waals surface area contributed by atoms with Crippen molar-refractivity contribution in [2.75, 3.05) is 39.5 Å². The summed E-state index contributed by atoms with van der Waals surface area (Å²) < 4.78 is 0. The van der Waals surface area contributed by atoms with Crippen LogP contribution >= 0.6 is 12.4 Å². The van der Waals surface area contributed by atoms with Crippen LogP contribution in [0.5, 0.6) is 0 Å². The fraction of sp³-hybridized carbons (Fsp3) is 0.571. The van der Waals surface area contributed by atoms with Gasteiger partial charge < -0.3 is 15.5 Å². The Labute approximate surface area is 126 Å². The number of anilines is 1. The molecule has 0 atom stereocenters. The molecule has 6 heteroatoms. The number of pyridine rings is 1. The molecule has 1 aliphatic rings. The Kier molecular flexibility index (Phi) is 6.23. The number of amides is 1. The molecule has 0 radical (unpaired) electrons. The van der Waals surface area contributed by atoms with Gasteiger partial charge in [0.25, 0.3) is 5.91 Å². The lowest BCUT2D eigenvalue weighted by Gasteiger charge is -2.31. The first-order chi connectivity index (χ1) is 9.06. The zero-order valence-electron chi connectivity index (χ0n) is 12.1. The van der Waals surface area contributed by atoms with E-state index in [-0.39, 0.29) is 18.3 Å². The van der Waals surface area contributed by atoms with Gasteiger partial charge in [0, 0.05) is 13.6 Å². The molecule has 0 saturated carbocycles. The van der Waals surface area contributed by atoms with Crippen molar-refractivity contribution in [1.29, 1.82) is 0 Å². The van der Waals surface area contributed by atoms with Crippen LogP contribution in [-0.2, 0) is 0 Å². The number of hydrogen-bond donors (Lipinski definition) is 1. The monoisotopic (exact) mass is 298 g/mol. The van der Waals surface area contributed by atoms with Crippen LogP contribution in [0.4, 0.5) is 5.82 Å². The maximum absolute atomic E-state index is 12.2. The normalized spacial score (nSPS) is 16.5. The number of nitrogens with zero attached hydrogens (tertiary/aromatic N) is 3. The Morgan fingerprint density at radius 2 is 2.10 bits per heavy atom. The zero-order chi connectivity index (χ0) is 13.8. The van der Waals surface area contributed by atoms with Gasteiger partial charge in [0.05, 0.1) is 0 Å². The Balaban J connectivity index is 0.00000200. The second kappa shape index (κ2) is 7.45. The summed E-state index contributed by atoms with van der Waals surface area (Å²) in [6, 6.07) is 5.16. The van der Waals surface area contributed by atoms with E-state index in [4.69, 9.17) is 5.73 Å². The van der Waals surface area contributed by atoms with Gasteiger partial charge in [-0.05, 0) is 51.0 Å². The average molecular weight is 299 g/mol. The van der Waals surface area contributed by atoms with E-state index in [9.17, 15) is 4.79 Å². The van der Waals surface area contributed by atoms with Crippen LogP contribution in [0.3, 0.4) is 0 Å². The molecule has 1 aliphatic heterocycles. The Morgan fingerprint density at radius 3 is 2.70 bits per heavy atom. The van der Waals surface area contributed by atoms with Crippen LogP contribution in [0.1, 0.15) is 23.3 Å². The van der Waals surface area contributed by atoms with Crippen LogP contribution in [0.25, 0.3) is 0 Å². The molecule has 0 bridgehead atoms. The highest BCUT2D eigenvalue weighted by atomic mass is 35.5. The maximum atomic E-state index is 12.2. The molecular weight excluding hydrogens is 276 g/mol. The number of halogens is 1. The van der Waals surface area contributed by atoms with E-state index in [2.05, 4.69) is 16.9 Å². The van der Waals surface area contributed by atoms with Gasteiger partial charge >= 0.3 is 0 Å². The van der Waals surface area contributed by atoms with Crippen molar-refractivity contribution in [2.45, 2.75) is 12.8 Å². The van der Waals surface area contributed by atoms with Gasteiger partial charge in [-0.25, -0.2) is 4.98 Å². The van der Waals surface area contributed by atoms with E-state index in [0.29, 0.717) is 17.4 Å². The minimum Gasteiger partial charge on any atom is -0.384 e. The molecule has 1 fully saturated rings. The second-order valence-electron chi connectivity index (χ2n) is 5.38. The molecule has 1 saturated heterocycles. The molecule has 0 aliphatic carbocycles. The summed E-state index contributed by atoms with van der Waals surface area (Å²) in [5, 5.41) is 0. The molecule has 112 valence electrons. The maximum Gasteiger partial charge on any atom is 0.272 e. The van der Waals surface area contributed by atoms with Gasteiger partial charge in [0.1, 0.15) is 11.5 Å². The topological polar surface area (TPSA) is 62.5 Å². The van der Waals surface area contributed by atoms with Gasteiger partial charge in [-0.15, -0.1) is 12.4 Å². The van der Waals surface area contributed by atoms with Gasteiger partial charge in [-0.1, -0.05) is 6.07 Å². The number of rotatable bonds is 3. The number of carbonyl (C=O) groups is 1. The van der Waals surface area contributed by atoms with Crippen molar-refractivity contribution in [3.8, 4) is 0 Å². The number of piperidine rings is 1. The molecule has 2 heterocycles. The third-order valence-corrected chi connectivity index (χ3v) is 3.71. The largest absolute Gasteiger partial charge is 0.384 e. The highest BCUT2D eigenvalue weighted by Crippen LogP contribution is 2.17. The first-order valence-electron chi connectivity index (χ1n) is 6.73. The van der Waals surface area contributed by atoms with E-state index in [1.54, 1.807) is 23.1 Å². The quantitative estimate of drug-likeness (QED) is 0.918. The summed E-state index contributed by atoms with van der Waals surface area (Å²) in [4.78, 5) is 20.4. The second-order valence-corrected chi connectivity index (χ2v) is 5.38. The Bertz CT molecular complexity index is 447. The summed E-state index contributed by atoms with van der Waals surface area (Å²) in [5.74, 6) is 0.927. The van der Waals surface area contributed by atoms with Gasteiger partial charge in [-0.2, -0.15) is 0 Å². The third-order valence-electron chi connectivity index (χ3n) is 3.71. The van der Waals surface area contributed by atoms with E-state index in [0.717, 1.165) is 32.5 Å². The highest BCUT2D eigenvalue weighted by molar-refractivity contribution is 5.92. The molecule has 0 spiro atoms. The van der Waals surface area contributed by atoms with Crippen LogP contribution in [0.2, 0.25) is 0 Å². The molecule has 20 heavy (non-hydrogen) atoms. The third kappa shape index (κ3) is 4.35. The standard InChI is InChI=1S/C14H22N4O.ClH/c1-17-8-6-11(7-9-17)10-18(2)14(19)12-4-3-5-13(15)16-12;/h3-5,11H,6-10H2,1-2H3,(H2,15,16);1H. The lowest BCUT2D eigenvalue weighted by Crippen LogP contribution is -2.38. The SMILES string of the molecule is CN1CCC(CN(C)C(=O)c2cccc(N)n2)CC1.Cl. The van der Waals surface area contributed by atoms with E-state index in [1.807, 2.05) is 7.05 Å². The smallest absolute Gasteiger partial charge is 0.272 e. The van der Waals surface area contributed by atoms with Gasteiger partial charge in [0.2, 0.25) is 0 Å². The fourth-order valence-electron chi connectivity index (χ4n) is 2.48. The fourth-order valence-corrected chi connectivity index (χ4v) is 2.48. The summed E-state index contributed by atoms with van der Waals surface area (Å²) in [5.41, 5.74) is 6.04. The summed E-state index contributed by atoms with van der Waals surface area (Å²) in [7, 11) is 3.98. The number of aromatic nitrogens is 1. The van der Waals surface area contributed by atoms with Crippen molar-refractivity contribution in [2.24, 2.45) is 5.92 Å². The predicted octanol–water partition coefficient (Wildman–Crippen LogP) is 1.50. The molecule has 2 rings (SSSR count). The zero-order valence-corrected chi connectivity index (χ0v) is 12.9. The number of likely N-dealkylation sites (tertiary alicyclic amines) is 1. The minimum absolute atomic E-state index is 0. The van der Waals surface area contributed by atoms with Crippen molar-refractivity contribution >= 4 is 24.1 Å². The molecule has 1 aromatic heterocycles. The number of nitrogen functional groups attached to an aromatic ring is 1. The van der Waals surface area contributed by atoms with Crippen LogP contribution in [0.15, 0.2) is 18.2 Å². The van der Waals surface area contributed by atoms with E-state index >= 15 is 0 Å². The molecular formula is C14H23ClN4O. The molecule has 5 nitrogen and oxygen atoms in total. The van der Waals surface area contributed by atoms with E-state index < -0.39 is 0 Å². The predicted molar refractivity (Wildman–Crippen MR) is 83.1 cm³/mol. The molecule has 1 amide bonds. The van der Waals surface area contributed by atoms with Crippen LogP contribution < -0.4 is 5.73 Å². The summed E-state index contributed by atoms with van der Waals surface area (Å²) in [6.45, 7) is 3.02. The van der Waals surface area contributed by atoms with Crippen molar-refractivity contribution < 1.29 is 4.79 Å². The molecule has 0 unspecified atom stereocenters. The van der Waals surface area contributed by atoms with Gasteiger partial charge in [-0.3, -0.25) is 4.79 Å². The number of hydrogen-bond acceptors (Lipinski definition) is 4. The van der Waals surface area contributed by atoms with Gasteiger partial charge in [0.15, 0.2) is 0 Å². The van der Waals surface area contributed by atoms with Crippen LogP contribution in [0, 0.1) is 5.92 Å². The van der Waals surface area contributed by atoms with Crippen molar-refractivity contribution in [3.05, 3.63) is 23.9 Å². The molecule has 1 aromatic rings. The first-order valence-corrected chi connectivity index (χ1v) is 6.73. The summed E-state index contributed by atoms with van der Waals surface area (Å²) in [6.07, 6.45) is 2.30. The lowest BCUT2D eigenvalue weighted by molar-refractivity contribution is 0.0741. The highest BCUT2D eigenvalue weighted by Gasteiger charge is 2.21. The van der Waals surface area contributed by atoms with E-state index in [1.165, 1.54) is 0 Å². The molecule has 0 aromatic carbocycles. The number of carbonyl (C=O) groups excluding carboxylic acids is 1. The average Bonchev–Trinajstić information content (AvgIpc) is 2.40. The van der Waals surface area contributed by atoms with Crippen molar-refractivity contribution in [3.63, 3.8) is 0 Å². The molecule has 2 N–H and O–H groups in total. The Morgan fingerprint density at radius 1 is 1.45 bits per heavy atom.